The van der Waals surface area contributed by atoms with Crippen molar-refractivity contribution in [2.24, 2.45) is 5.92 Å². The van der Waals surface area contributed by atoms with Gasteiger partial charge in [0.05, 0.1) is 5.92 Å². The highest BCUT2D eigenvalue weighted by atomic mass is 16.4. The minimum Gasteiger partial charge on any atom is -0.480 e. The molecular weight excluding hydrogens is 236 g/mol. The maximum Gasteiger partial charge on any atom is 0.322 e. The van der Waals surface area contributed by atoms with Gasteiger partial charge in [-0.15, -0.1) is 0 Å². The van der Waals surface area contributed by atoms with E-state index in [0.717, 1.165) is 12.8 Å². The fraction of sp³-hybridized carbons (Fsp3) is 0.750. The van der Waals surface area contributed by atoms with E-state index in [9.17, 15) is 14.4 Å². The second-order valence-electron chi connectivity index (χ2n) is 4.70. The number of amides is 2. The molecule has 2 N–H and O–H groups in total. The predicted octanol–water partition coefficient (Wildman–Crippen LogP) is 0.224. The summed E-state index contributed by atoms with van der Waals surface area (Å²) in [5.41, 5.74) is 0. The van der Waals surface area contributed by atoms with Gasteiger partial charge in [-0.05, 0) is 13.3 Å². The lowest BCUT2D eigenvalue weighted by molar-refractivity contribution is -0.138. The van der Waals surface area contributed by atoms with Crippen molar-refractivity contribution in [3.8, 4) is 0 Å². The zero-order chi connectivity index (χ0) is 13.7. The molecule has 0 radical (unpaired) electrons. The fourth-order valence-corrected chi connectivity index (χ4v) is 2.21. The minimum atomic E-state index is -1.08. The van der Waals surface area contributed by atoms with Crippen LogP contribution < -0.4 is 5.32 Å². The normalized spacial score (nSPS) is 20.9. The van der Waals surface area contributed by atoms with Gasteiger partial charge < -0.3 is 15.3 Å². The lowest BCUT2D eigenvalue weighted by Gasteiger charge is -2.24. The maximum atomic E-state index is 11.8. The summed E-state index contributed by atoms with van der Waals surface area (Å²) in [6, 6.07) is 0.139. The van der Waals surface area contributed by atoms with Gasteiger partial charge in [0, 0.05) is 19.0 Å². The summed E-state index contributed by atoms with van der Waals surface area (Å²) >= 11 is 0. The first kappa shape index (κ1) is 14.5. The van der Waals surface area contributed by atoms with Gasteiger partial charge in [-0.1, -0.05) is 13.3 Å². The maximum absolute atomic E-state index is 11.8. The van der Waals surface area contributed by atoms with Crippen molar-refractivity contribution >= 4 is 17.8 Å². The molecule has 1 saturated heterocycles. The van der Waals surface area contributed by atoms with Gasteiger partial charge >= 0.3 is 5.97 Å². The summed E-state index contributed by atoms with van der Waals surface area (Å²) in [7, 11) is 0. The van der Waals surface area contributed by atoms with Crippen LogP contribution in [0.2, 0.25) is 0 Å². The number of nitrogens with zero attached hydrogens (tertiary/aromatic N) is 1. The first-order valence-corrected chi connectivity index (χ1v) is 6.24. The Kier molecular flexibility index (Phi) is 5.12. The van der Waals surface area contributed by atoms with Crippen molar-refractivity contribution in [3.63, 3.8) is 0 Å². The Bertz CT molecular complexity index is 343. The molecule has 1 heterocycles. The van der Waals surface area contributed by atoms with E-state index < -0.39 is 18.4 Å². The summed E-state index contributed by atoms with van der Waals surface area (Å²) in [6.07, 6.45) is 2.08. The molecular formula is C12H20N2O4. The van der Waals surface area contributed by atoms with Gasteiger partial charge in [0.15, 0.2) is 0 Å². The number of aliphatic carboxylic acids is 1. The molecule has 2 amide bonds. The molecule has 0 aliphatic carbocycles. The summed E-state index contributed by atoms with van der Waals surface area (Å²) in [5.74, 6) is -1.87. The Morgan fingerprint density at radius 1 is 1.56 bits per heavy atom. The van der Waals surface area contributed by atoms with Crippen LogP contribution in [-0.4, -0.2) is 46.9 Å². The van der Waals surface area contributed by atoms with Crippen LogP contribution in [0.4, 0.5) is 0 Å². The lowest BCUT2D eigenvalue weighted by Crippen LogP contribution is -2.38. The predicted molar refractivity (Wildman–Crippen MR) is 64.8 cm³/mol. The van der Waals surface area contributed by atoms with Crippen molar-refractivity contribution in [2.45, 2.75) is 39.2 Å². The van der Waals surface area contributed by atoms with Crippen LogP contribution in [0.25, 0.3) is 0 Å². The molecule has 2 unspecified atom stereocenters. The number of carboxylic acids is 1. The third-order valence-electron chi connectivity index (χ3n) is 3.18. The first-order chi connectivity index (χ1) is 8.45. The largest absolute Gasteiger partial charge is 0.480 e. The van der Waals surface area contributed by atoms with Gasteiger partial charge in [0.2, 0.25) is 11.8 Å². The molecule has 6 heteroatoms. The third-order valence-corrected chi connectivity index (χ3v) is 3.18. The topological polar surface area (TPSA) is 86.7 Å². The molecule has 2 atom stereocenters. The van der Waals surface area contributed by atoms with Crippen LogP contribution in [0.1, 0.15) is 33.1 Å². The number of hydrogen-bond donors (Lipinski definition) is 2. The van der Waals surface area contributed by atoms with Crippen LogP contribution >= 0.6 is 0 Å². The smallest absolute Gasteiger partial charge is 0.322 e. The Labute approximate surface area is 106 Å². The van der Waals surface area contributed by atoms with E-state index in [0.29, 0.717) is 6.54 Å². The third kappa shape index (κ3) is 3.72. The van der Waals surface area contributed by atoms with Crippen LogP contribution in [-0.2, 0) is 14.4 Å². The molecule has 102 valence electrons. The van der Waals surface area contributed by atoms with Gasteiger partial charge in [-0.2, -0.15) is 0 Å². The van der Waals surface area contributed by atoms with Crippen LogP contribution in [0, 0.1) is 5.92 Å². The number of carbonyl (C=O) groups is 3. The average molecular weight is 256 g/mol. The van der Waals surface area contributed by atoms with E-state index in [1.807, 2.05) is 13.8 Å². The van der Waals surface area contributed by atoms with Gasteiger partial charge in [-0.3, -0.25) is 14.4 Å². The van der Waals surface area contributed by atoms with E-state index in [1.165, 1.54) is 0 Å². The number of carboxylic acid groups (broad SMARTS) is 1. The quantitative estimate of drug-likeness (QED) is 0.712. The second kappa shape index (κ2) is 6.37. The molecule has 6 nitrogen and oxygen atoms in total. The molecule has 0 saturated carbocycles. The summed E-state index contributed by atoms with van der Waals surface area (Å²) < 4.78 is 0. The SMILES string of the molecule is CCCC(C)N1CC(C(=O)NCC(=O)O)CC1=O. The average Bonchev–Trinajstić information content (AvgIpc) is 2.68. The number of hydrogen-bond acceptors (Lipinski definition) is 3. The molecule has 1 aliphatic heterocycles. The van der Waals surface area contributed by atoms with Crippen LogP contribution in [0.5, 0.6) is 0 Å². The standard InChI is InChI=1S/C12H20N2O4/c1-3-4-8(2)14-7-9(5-10(14)15)12(18)13-6-11(16)17/h8-9H,3-7H2,1-2H3,(H,13,18)(H,16,17). The molecule has 0 aromatic carbocycles. The molecule has 18 heavy (non-hydrogen) atoms. The van der Waals surface area contributed by atoms with E-state index in [1.54, 1.807) is 4.90 Å². The van der Waals surface area contributed by atoms with Crippen molar-refractivity contribution in [2.75, 3.05) is 13.1 Å². The number of carbonyl (C=O) groups excluding carboxylic acids is 2. The zero-order valence-corrected chi connectivity index (χ0v) is 10.8. The van der Waals surface area contributed by atoms with Crippen LogP contribution in [0.15, 0.2) is 0 Å². The van der Waals surface area contributed by atoms with Gasteiger partial charge in [-0.25, -0.2) is 0 Å². The number of nitrogens with one attached hydrogen (secondary N) is 1. The molecule has 0 spiro atoms. The van der Waals surface area contributed by atoms with Crippen LogP contribution in [0.3, 0.4) is 0 Å². The van der Waals surface area contributed by atoms with Crippen molar-refractivity contribution in [1.82, 2.24) is 10.2 Å². The molecule has 1 fully saturated rings. The zero-order valence-electron chi connectivity index (χ0n) is 10.8. The van der Waals surface area contributed by atoms with E-state index in [-0.39, 0.29) is 24.3 Å². The summed E-state index contributed by atoms with van der Waals surface area (Å²) in [6.45, 7) is 4.02. The summed E-state index contributed by atoms with van der Waals surface area (Å²) in [4.78, 5) is 35.5. The fourth-order valence-electron chi connectivity index (χ4n) is 2.21. The highest BCUT2D eigenvalue weighted by Crippen LogP contribution is 2.22. The summed E-state index contributed by atoms with van der Waals surface area (Å²) in [5, 5.41) is 10.8. The number of likely N-dealkylation sites (tertiary alicyclic amines) is 1. The highest BCUT2D eigenvalue weighted by molar-refractivity contribution is 5.90. The lowest BCUT2D eigenvalue weighted by atomic mass is 10.1. The van der Waals surface area contributed by atoms with Crippen molar-refractivity contribution < 1.29 is 19.5 Å². The second-order valence-corrected chi connectivity index (χ2v) is 4.70. The molecule has 0 bridgehead atoms. The molecule has 1 aliphatic rings. The minimum absolute atomic E-state index is 0.0218. The van der Waals surface area contributed by atoms with Gasteiger partial charge in [0.1, 0.15) is 6.54 Å². The Balaban J connectivity index is 2.50. The van der Waals surface area contributed by atoms with E-state index in [2.05, 4.69) is 5.32 Å². The Morgan fingerprint density at radius 2 is 2.22 bits per heavy atom. The highest BCUT2D eigenvalue weighted by Gasteiger charge is 2.36. The number of rotatable bonds is 6. The molecule has 0 aromatic rings. The Hall–Kier alpha value is -1.59. The molecule has 1 rings (SSSR count). The van der Waals surface area contributed by atoms with Gasteiger partial charge in [0.25, 0.3) is 0 Å². The van der Waals surface area contributed by atoms with Crippen molar-refractivity contribution in [3.05, 3.63) is 0 Å². The van der Waals surface area contributed by atoms with E-state index >= 15 is 0 Å². The Morgan fingerprint density at radius 3 is 2.78 bits per heavy atom. The molecule has 0 aromatic heterocycles. The first-order valence-electron chi connectivity index (χ1n) is 6.24. The van der Waals surface area contributed by atoms with E-state index in [4.69, 9.17) is 5.11 Å². The van der Waals surface area contributed by atoms with Crippen molar-refractivity contribution in [1.29, 1.82) is 0 Å². The monoisotopic (exact) mass is 256 g/mol.